The summed E-state index contributed by atoms with van der Waals surface area (Å²) in [5.41, 5.74) is 1.31. The Morgan fingerprint density at radius 1 is 1.17 bits per heavy atom. The summed E-state index contributed by atoms with van der Waals surface area (Å²) in [7, 11) is 1.29. The van der Waals surface area contributed by atoms with Crippen LogP contribution in [-0.2, 0) is 9.53 Å². The van der Waals surface area contributed by atoms with Gasteiger partial charge in [0.05, 0.1) is 40.9 Å². The molecule has 0 bridgehead atoms. The summed E-state index contributed by atoms with van der Waals surface area (Å²) in [5, 5.41) is 9.77. The average molecular weight is 559 g/mol. The van der Waals surface area contributed by atoms with E-state index in [1.54, 1.807) is 42.5 Å². The number of rotatable bonds is 7. The van der Waals surface area contributed by atoms with Crippen molar-refractivity contribution in [1.82, 2.24) is 4.57 Å². The van der Waals surface area contributed by atoms with E-state index < -0.39 is 12.0 Å². The molecule has 0 fully saturated rings. The first kappa shape index (κ1) is 24.7. The van der Waals surface area contributed by atoms with Crippen molar-refractivity contribution in [2.24, 2.45) is 4.99 Å². The van der Waals surface area contributed by atoms with Crippen molar-refractivity contribution < 1.29 is 24.1 Å². The minimum Gasteiger partial charge on any atom is -0.507 e. The second-order valence-electron chi connectivity index (χ2n) is 7.46. The van der Waals surface area contributed by atoms with Crippen LogP contribution in [0, 0.1) is 0 Å². The number of hydrogen-bond acceptors (Lipinski definition) is 8. The van der Waals surface area contributed by atoms with Crippen molar-refractivity contribution in [3.63, 3.8) is 0 Å². The molecule has 0 spiro atoms. The first-order valence-corrected chi connectivity index (χ1v) is 12.5. The van der Waals surface area contributed by atoms with E-state index in [2.05, 4.69) is 20.9 Å². The van der Waals surface area contributed by atoms with Crippen LogP contribution in [0.4, 0.5) is 0 Å². The fourth-order valence-electron chi connectivity index (χ4n) is 3.75. The highest BCUT2D eigenvalue weighted by molar-refractivity contribution is 9.10. The molecule has 1 aliphatic heterocycles. The van der Waals surface area contributed by atoms with E-state index in [-0.39, 0.29) is 16.9 Å². The molecule has 0 saturated heterocycles. The van der Waals surface area contributed by atoms with Gasteiger partial charge in [-0.15, -0.1) is 0 Å². The van der Waals surface area contributed by atoms with E-state index in [0.717, 1.165) is 5.56 Å². The van der Waals surface area contributed by atoms with Gasteiger partial charge in [-0.2, -0.15) is 0 Å². The monoisotopic (exact) mass is 558 g/mol. The molecule has 0 unspecified atom stereocenters. The number of benzene rings is 2. The lowest BCUT2D eigenvalue weighted by Crippen LogP contribution is -2.39. The summed E-state index contributed by atoms with van der Waals surface area (Å²) in [5.74, 6) is 0.616. The second kappa shape index (κ2) is 10.5. The maximum Gasteiger partial charge on any atom is 0.337 e. The zero-order valence-corrected chi connectivity index (χ0v) is 21.7. The maximum absolute atomic E-state index is 13.6. The minimum absolute atomic E-state index is 0.104. The third-order valence-corrected chi connectivity index (χ3v) is 6.91. The zero-order chi connectivity index (χ0) is 25.1. The lowest BCUT2D eigenvalue weighted by molar-refractivity contribution is -0.136. The number of carbonyl (C=O) groups is 1. The Morgan fingerprint density at radius 3 is 2.60 bits per heavy atom. The standard InChI is InChI=1S/C25H23BrN2O6S/c1-4-33-19-9-7-15(12-20(19)34-5-2)22-16(24(31)32-3)13-27-25-28(22)23(30)21(35-25)11-14-6-8-18(29)17(26)10-14/h6-13,22,29H,4-5H2,1-3H3/b21-11-/t22-/m0/s1. The van der Waals surface area contributed by atoms with Crippen LogP contribution < -0.4 is 24.4 Å². The van der Waals surface area contributed by atoms with E-state index in [4.69, 9.17) is 14.2 Å². The van der Waals surface area contributed by atoms with Crippen molar-refractivity contribution in [2.75, 3.05) is 20.3 Å². The van der Waals surface area contributed by atoms with Gasteiger partial charge in [0.2, 0.25) is 0 Å². The molecule has 0 aliphatic carbocycles. The maximum atomic E-state index is 13.6. The molecule has 2 aromatic carbocycles. The van der Waals surface area contributed by atoms with Gasteiger partial charge in [0.15, 0.2) is 16.3 Å². The summed E-state index contributed by atoms with van der Waals surface area (Å²) < 4.78 is 18.9. The van der Waals surface area contributed by atoms with Gasteiger partial charge < -0.3 is 19.3 Å². The Bertz CT molecular complexity index is 1490. The number of thiazole rings is 1. The van der Waals surface area contributed by atoms with E-state index in [9.17, 15) is 14.7 Å². The van der Waals surface area contributed by atoms with Crippen LogP contribution in [0.1, 0.15) is 31.0 Å². The zero-order valence-electron chi connectivity index (χ0n) is 19.3. The normalized spacial score (nSPS) is 15.1. The number of ether oxygens (including phenoxy) is 3. The Kier molecular flexibility index (Phi) is 7.42. The number of aromatic nitrogens is 1. The molecule has 0 radical (unpaired) electrons. The highest BCUT2D eigenvalue weighted by Gasteiger charge is 2.31. The number of hydrogen-bond donors (Lipinski definition) is 1. The number of carbonyl (C=O) groups excluding carboxylic acids is 1. The minimum atomic E-state index is -0.762. The molecule has 1 atom stereocenters. The van der Waals surface area contributed by atoms with Crippen molar-refractivity contribution >= 4 is 39.3 Å². The number of phenolic OH excluding ortho intramolecular Hbond substituents is 1. The van der Waals surface area contributed by atoms with Gasteiger partial charge in [0.25, 0.3) is 5.56 Å². The Hall–Kier alpha value is -3.37. The summed E-state index contributed by atoms with van der Waals surface area (Å²) in [6.45, 7) is 4.64. The van der Waals surface area contributed by atoms with Crippen molar-refractivity contribution in [1.29, 1.82) is 0 Å². The molecule has 1 N–H and O–H groups in total. The summed E-state index contributed by atoms with van der Waals surface area (Å²) in [6.07, 6.45) is 3.16. The molecular formula is C25H23BrN2O6S. The molecule has 10 heteroatoms. The number of halogens is 1. The predicted octanol–water partition coefficient (Wildman–Crippen LogP) is 3.28. The summed E-state index contributed by atoms with van der Waals surface area (Å²) in [4.78, 5) is 31.1. The van der Waals surface area contributed by atoms with Gasteiger partial charge in [-0.1, -0.05) is 23.5 Å². The molecular weight excluding hydrogens is 536 g/mol. The third kappa shape index (κ3) is 4.89. The van der Waals surface area contributed by atoms with Crippen molar-refractivity contribution in [2.45, 2.75) is 19.9 Å². The van der Waals surface area contributed by atoms with E-state index in [1.165, 1.54) is 29.2 Å². The number of methoxy groups -OCH3 is 1. The lowest BCUT2D eigenvalue weighted by atomic mass is 9.97. The van der Waals surface area contributed by atoms with E-state index in [0.29, 0.717) is 44.1 Å². The fourth-order valence-corrected chi connectivity index (χ4v) is 5.12. The molecule has 2 heterocycles. The molecule has 1 aliphatic rings. The van der Waals surface area contributed by atoms with Crippen LogP contribution in [0.2, 0.25) is 0 Å². The Balaban J connectivity index is 1.90. The van der Waals surface area contributed by atoms with Crippen LogP contribution in [0.15, 0.2) is 62.4 Å². The fraction of sp³-hybridized carbons (Fsp3) is 0.240. The molecule has 0 saturated carbocycles. The molecule has 1 aromatic heterocycles. The van der Waals surface area contributed by atoms with Crippen LogP contribution in [0.25, 0.3) is 6.08 Å². The molecule has 8 nitrogen and oxygen atoms in total. The molecule has 4 rings (SSSR count). The largest absolute Gasteiger partial charge is 0.507 e. The SMILES string of the molecule is CCOc1ccc([C@H]2C(C(=O)OC)=CN=c3s/c(=C\c4ccc(O)c(Br)c4)c(=O)n32)cc1OCC. The average Bonchev–Trinajstić information content (AvgIpc) is 3.17. The van der Waals surface area contributed by atoms with Gasteiger partial charge in [-0.05, 0) is 71.2 Å². The topological polar surface area (TPSA) is 99.4 Å². The first-order chi connectivity index (χ1) is 16.9. The third-order valence-electron chi connectivity index (χ3n) is 5.28. The number of fused-ring (bicyclic) bond motifs is 1. The number of nitrogens with zero attached hydrogens (tertiary/aromatic N) is 2. The van der Waals surface area contributed by atoms with Crippen LogP contribution in [-0.4, -0.2) is 36.0 Å². The Labute approximate surface area is 213 Å². The first-order valence-electron chi connectivity index (χ1n) is 10.8. The van der Waals surface area contributed by atoms with Crippen LogP contribution in [0.5, 0.6) is 17.2 Å². The summed E-state index contributed by atoms with van der Waals surface area (Å²) >= 11 is 4.50. The van der Waals surface area contributed by atoms with Gasteiger partial charge in [-0.25, -0.2) is 9.79 Å². The van der Waals surface area contributed by atoms with E-state index >= 15 is 0 Å². The van der Waals surface area contributed by atoms with Crippen molar-refractivity contribution in [3.8, 4) is 17.2 Å². The van der Waals surface area contributed by atoms with Gasteiger partial charge in [0.1, 0.15) is 5.75 Å². The molecule has 0 amide bonds. The molecule has 3 aromatic rings. The van der Waals surface area contributed by atoms with Crippen molar-refractivity contribution in [3.05, 3.63) is 83.5 Å². The molecule has 182 valence electrons. The van der Waals surface area contributed by atoms with Crippen LogP contribution >= 0.6 is 27.3 Å². The highest BCUT2D eigenvalue weighted by Crippen LogP contribution is 2.35. The number of aromatic hydroxyl groups is 1. The molecule has 35 heavy (non-hydrogen) atoms. The van der Waals surface area contributed by atoms with Crippen LogP contribution in [0.3, 0.4) is 0 Å². The van der Waals surface area contributed by atoms with Gasteiger partial charge in [-0.3, -0.25) is 9.36 Å². The number of phenols is 1. The van der Waals surface area contributed by atoms with Gasteiger partial charge in [0, 0.05) is 6.20 Å². The quantitative estimate of drug-likeness (QED) is 0.447. The smallest absolute Gasteiger partial charge is 0.337 e. The van der Waals surface area contributed by atoms with Gasteiger partial charge >= 0.3 is 5.97 Å². The summed E-state index contributed by atoms with van der Waals surface area (Å²) in [6, 6.07) is 9.54. The lowest BCUT2D eigenvalue weighted by Gasteiger charge is -2.23. The second-order valence-corrected chi connectivity index (χ2v) is 9.32. The Morgan fingerprint density at radius 2 is 1.91 bits per heavy atom. The number of esters is 1. The highest BCUT2D eigenvalue weighted by atomic mass is 79.9. The van der Waals surface area contributed by atoms with E-state index in [1.807, 2.05) is 13.8 Å². The predicted molar refractivity (Wildman–Crippen MR) is 136 cm³/mol.